The number of nitrogens with zero attached hydrogens (tertiary/aromatic N) is 4. The molecule has 0 spiro atoms. The number of piperazine rings is 1. The molecule has 2 heterocycles. The molecule has 1 aromatic heterocycles. The van der Waals surface area contributed by atoms with E-state index >= 15 is 0 Å². The van der Waals surface area contributed by atoms with Crippen molar-refractivity contribution >= 4 is 5.69 Å². The molecule has 6 nitrogen and oxygen atoms in total. The second kappa shape index (κ2) is 6.53. The van der Waals surface area contributed by atoms with Gasteiger partial charge < -0.3 is 15.2 Å². The minimum absolute atomic E-state index is 0.330. The van der Waals surface area contributed by atoms with E-state index in [-0.39, 0.29) is 5.54 Å². The summed E-state index contributed by atoms with van der Waals surface area (Å²) in [6.45, 7) is 5.21. The molecule has 0 amide bonds. The maximum absolute atomic E-state index is 6.25. The van der Waals surface area contributed by atoms with Gasteiger partial charge in [0, 0.05) is 44.8 Å². The molecular formula is C18H25N5O. The first-order chi connectivity index (χ1) is 11.7. The molecule has 1 saturated carbocycles. The SMILES string of the molecule is NC1(c2noc(CCN3CCN(c4ccccc4)CC3)n2)CCC1. The van der Waals surface area contributed by atoms with Gasteiger partial charge in [0.05, 0.1) is 5.54 Å². The molecule has 0 atom stereocenters. The summed E-state index contributed by atoms with van der Waals surface area (Å²) in [5.74, 6) is 1.41. The molecule has 0 radical (unpaired) electrons. The lowest BCUT2D eigenvalue weighted by molar-refractivity contribution is 0.227. The standard InChI is InChI=1S/C18H25N5O/c19-18(8-4-9-18)17-20-16(24-21-17)7-10-22-11-13-23(14-12-22)15-5-2-1-3-6-15/h1-3,5-6H,4,7-14,19H2. The van der Waals surface area contributed by atoms with Crippen LogP contribution in [0.1, 0.15) is 31.0 Å². The Labute approximate surface area is 142 Å². The number of nitrogens with two attached hydrogens (primary N) is 1. The lowest BCUT2D eigenvalue weighted by Crippen LogP contribution is -2.47. The van der Waals surface area contributed by atoms with Crippen molar-refractivity contribution in [2.45, 2.75) is 31.2 Å². The van der Waals surface area contributed by atoms with Gasteiger partial charge in [-0.05, 0) is 31.4 Å². The van der Waals surface area contributed by atoms with Gasteiger partial charge in [-0.3, -0.25) is 4.90 Å². The molecule has 2 fully saturated rings. The van der Waals surface area contributed by atoms with Crippen molar-refractivity contribution in [3.05, 3.63) is 42.0 Å². The number of benzene rings is 1. The molecule has 4 rings (SSSR count). The lowest BCUT2D eigenvalue weighted by atomic mass is 9.77. The van der Waals surface area contributed by atoms with Crippen LogP contribution < -0.4 is 10.6 Å². The summed E-state index contributed by atoms with van der Waals surface area (Å²) >= 11 is 0. The van der Waals surface area contributed by atoms with Crippen molar-refractivity contribution in [3.8, 4) is 0 Å². The first kappa shape index (κ1) is 15.6. The van der Waals surface area contributed by atoms with Gasteiger partial charge in [0.1, 0.15) is 0 Å². The van der Waals surface area contributed by atoms with Crippen LogP contribution in [0.3, 0.4) is 0 Å². The average molecular weight is 327 g/mol. The second-order valence-electron chi connectivity index (χ2n) is 6.94. The Kier molecular flexibility index (Phi) is 4.24. The van der Waals surface area contributed by atoms with Crippen LogP contribution in [0.2, 0.25) is 0 Å². The minimum atomic E-state index is -0.330. The number of rotatable bonds is 5. The Hall–Kier alpha value is -1.92. The second-order valence-corrected chi connectivity index (χ2v) is 6.94. The molecule has 24 heavy (non-hydrogen) atoms. The quantitative estimate of drug-likeness (QED) is 0.902. The molecule has 1 aromatic carbocycles. The molecule has 1 saturated heterocycles. The summed E-state index contributed by atoms with van der Waals surface area (Å²) in [4.78, 5) is 9.41. The predicted octanol–water partition coefficient (Wildman–Crippen LogP) is 1.77. The van der Waals surface area contributed by atoms with Gasteiger partial charge in [-0.25, -0.2) is 0 Å². The highest BCUT2D eigenvalue weighted by atomic mass is 16.5. The molecule has 2 aliphatic rings. The number of anilines is 1. The van der Waals surface area contributed by atoms with Crippen LogP contribution in [0.4, 0.5) is 5.69 Å². The maximum Gasteiger partial charge on any atom is 0.228 e. The first-order valence-electron chi connectivity index (χ1n) is 8.87. The van der Waals surface area contributed by atoms with Gasteiger partial charge in [0.2, 0.25) is 5.89 Å². The third kappa shape index (κ3) is 3.16. The number of para-hydroxylation sites is 1. The van der Waals surface area contributed by atoms with Crippen molar-refractivity contribution in [2.75, 3.05) is 37.6 Å². The zero-order chi connectivity index (χ0) is 16.4. The summed E-state index contributed by atoms with van der Waals surface area (Å²) in [6.07, 6.45) is 3.89. The number of hydrogen-bond acceptors (Lipinski definition) is 6. The summed E-state index contributed by atoms with van der Waals surface area (Å²) in [5, 5.41) is 4.09. The van der Waals surface area contributed by atoms with Crippen molar-refractivity contribution in [2.24, 2.45) is 5.73 Å². The molecule has 6 heteroatoms. The van der Waals surface area contributed by atoms with E-state index < -0.39 is 0 Å². The van der Waals surface area contributed by atoms with E-state index in [0.29, 0.717) is 11.7 Å². The Morgan fingerprint density at radius 3 is 2.50 bits per heavy atom. The van der Waals surface area contributed by atoms with Gasteiger partial charge in [0.25, 0.3) is 0 Å². The van der Waals surface area contributed by atoms with Crippen molar-refractivity contribution in [1.82, 2.24) is 15.0 Å². The van der Waals surface area contributed by atoms with Gasteiger partial charge >= 0.3 is 0 Å². The van der Waals surface area contributed by atoms with Crippen LogP contribution in [0.25, 0.3) is 0 Å². The van der Waals surface area contributed by atoms with Crippen LogP contribution in [-0.2, 0) is 12.0 Å². The minimum Gasteiger partial charge on any atom is -0.369 e. The van der Waals surface area contributed by atoms with Crippen molar-refractivity contribution in [3.63, 3.8) is 0 Å². The van der Waals surface area contributed by atoms with E-state index in [9.17, 15) is 0 Å². The Bertz CT molecular complexity index is 659. The summed E-state index contributed by atoms with van der Waals surface area (Å²) < 4.78 is 5.39. The van der Waals surface area contributed by atoms with Crippen LogP contribution in [-0.4, -0.2) is 47.8 Å². The van der Waals surface area contributed by atoms with Crippen LogP contribution in [0.15, 0.2) is 34.9 Å². The third-order valence-electron chi connectivity index (χ3n) is 5.29. The molecule has 0 bridgehead atoms. The summed E-state index contributed by atoms with van der Waals surface area (Å²) in [6, 6.07) is 10.6. The van der Waals surface area contributed by atoms with E-state index in [1.54, 1.807) is 0 Å². The van der Waals surface area contributed by atoms with Crippen LogP contribution in [0, 0.1) is 0 Å². The van der Waals surface area contributed by atoms with Gasteiger partial charge in [-0.15, -0.1) is 0 Å². The molecule has 0 unspecified atom stereocenters. The van der Waals surface area contributed by atoms with E-state index in [2.05, 4.69) is 50.3 Å². The van der Waals surface area contributed by atoms with Crippen LogP contribution in [0.5, 0.6) is 0 Å². The molecule has 128 valence electrons. The summed E-state index contributed by atoms with van der Waals surface area (Å²) in [5.41, 5.74) is 7.23. The highest BCUT2D eigenvalue weighted by molar-refractivity contribution is 5.46. The molecule has 2 N–H and O–H groups in total. The van der Waals surface area contributed by atoms with Crippen LogP contribution >= 0.6 is 0 Å². The molecular weight excluding hydrogens is 302 g/mol. The van der Waals surface area contributed by atoms with E-state index in [1.807, 2.05) is 0 Å². The van der Waals surface area contributed by atoms with Crippen molar-refractivity contribution in [1.29, 1.82) is 0 Å². The predicted molar refractivity (Wildman–Crippen MR) is 92.8 cm³/mol. The fraction of sp³-hybridized carbons (Fsp3) is 0.556. The topological polar surface area (TPSA) is 71.4 Å². The Morgan fingerprint density at radius 2 is 1.83 bits per heavy atom. The lowest BCUT2D eigenvalue weighted by Gasteiger charge is -2.36. The molecule has 2 aromatic rings. The largest absolute Gasteiger partial charge is 0.369 e. The van der Waals surface area contributed by atoms with Crippen molar-refractivity contribution < 1.29 is 4.52 Å². The Morgan fingerprint density at radius 1 is 1.08 bits per heavy atom. The fourth-order valence-electron chi connectivity index (χ4n) is 3.46. The van der Waals surface area contributed by atoms with Gasteiger partial charge in [-0.2, -0.15) is 4.98 Å². The van der Waals surface area contributed by atoms with Gasteiger partial charge in [-0.1, -0.05) is 23.4 Å². The maximum atomic E-state index is 6.25. The zero-order valence-corrected chi connectivity index (χ0v) is 14.0. The third-order valence-corrected chi connectivity index (χ3v) is 5.29. The molecule has 1 aliphatic heterocycles. The summed E-state index contributed by atoms with van der Waals surface area (Å²) in [7, 11) is 0. The highest BCUT2D eigenvalue weighted by Gasteiger charge is 2.38. The van der Waals surface area contributed by atoms with E-state index in [4.69, 9.17) is 10.3 Å². The number of aromatic nitrogens is 2. The van der Waals surface area contributed by atoms with E-state index in [1.165, 1.54) is 5.69 Å². The van der Waals surface area contributed by atoms with E-state index in [0.717, 1.165) is 58.4 Å². The normalized spacial score (nSPS) is 20.8. The van der Waals surface area contributed by atoms with Gasteiger partial charge in [0.15, 0.2) is 5.82 Å². The first-order valence-corrected chi connectivity index (χ1v) is 8.87. The zero-order valence-electron chi connectivity index (χ0n) is 14.0. The number of hydrogen-bond donors (Lipinski definition) is 1. The monoisotopic (exact) mass is 327 g/mol. The highest BCUT2D eigenvalue weighted by Crippen LogP contribution is 2.36. The molecule has 1 aliphatic carbocycles. The average Bonchev–Trinajstić information content (AvgIpc) is 3.08. The fourth-order valence-corrected chi connectivity index (χ4v) is 3.46. The smallest absolute Gasteiger partial charge is 0.228 e. The Balaban J connectivity index is 1.26.